The Bertz CT molecular complexity index is 824. The molecule has 0 aromatic carbocycles. The van der Waals surface area contributed by atoms with Gasteiger partial charge < -0.3 is 24.4 Å². The molecule has 0 spiro atoms. The molecule has 0 saturated heterocycles. The van der Waals surface area contributed by atoms with Gasteiger partial charge in [-0.1, -0.05) is 52.3 Å². The molecule has 0 unspecified atom stereocenters. The van der Waals surface area contributed by atoms with E-state index in [0.717, 1.165) is 19.3 Å². The molecule has 0 aromatic heterocycles. The van der Waals surface area contributed by atoms with Crippen molar-refractivity contribution in [2.24, 2.45) is 23.7 Å². The molecule has 8 nitrogen and oxygen atoms in total. The number of carbonyl (C=O) groups excluding carboxylic acids is 3. The average molecular weight is 525 g/mol. The van der Waals surface area contributed by atoms with Gasteiger partial charge in [-0.15, -0.1) is 0 Å². The number of hydrogen-bond donors (Lipinski definition) is 2. The number of ketones is 1. The van der Waals surface area contributed by atoms with Crippen molar-refractivity contribution in [1.82, 2.24) is 0 Å². The number of aliphatic hydroxyl groups is 2. The Kier molecular flexibility index (Phi) is 13.2. The van der Waals surface area contributed by atoms with E-state index in [1.807, 2.05) is 13.0 Å². The third kappa shape index (κ3) is 11.1. The van der Waals surface area contributed by atoms with E-state index in [9.17, 15) is 24.6 Å². The number of hydrogen-bond acceptors (Lipinski definition) is 8. The lowest BCUT2D eigenvalue weighted by Crippen LogP contribution is -2.42. The highest BCUT2D eigenvalue weighted by Gasteiger charge is 2.37. The molecule has 2 N–H and O–H groups in total. The van der Waals surface area contributed by atoms with E-state index in [4.69, 9.17) is 14.2 Å². The summed E-state index contributed by atoms with van der Waals surface area (Å²) in [5, 5.41) is 20.7. The van der Waals surface area contributed by atoms with Gasteiger partial charge in [-0.2, -0.15) is 0 Å². The van der Waals surface area contributed by atoms with Gasteiger partial charge in [0.1, 0.15) is 23.6 Å². The monoisotopic (exact) mass is 524 g/mol. The SMILES string of the molecule is CO[C@H](CC(=O)OC(C)(C)C)[C@@H](C)C(=O)[C@H](C)[C@H]1OC(=O)[C@H](O)[C@H](O)/C=C/[C@H](C)CCC[C@H](C)/C=C/1C. The van der Waals surface area contributed by atoms with Crippen LogP contribution >= 0.6 is 0 Å². The largest absolute Gasteiger partial charge is 0.460 e. The number of aliphatic hydroxyl groups excluding tert-OH is 2. The Morgan fingerprint density at radius 2 is 1.70 bits per heavy atom. The van der Waals surface area contributed by atoms with Gasteiger partial charge in [-0.25, -0.2) is 4.79 Å². The Balaban J connectivity index is 3.19. The number of methoxy groups -OCH3 is 1. The van der Waals surface area contributed by atoms with Gasteiger partial charge in [0.15, 0.2) is 6.10 Å². The van der Waals surface area contributed by atoms with Gasteiger partial charge >= 0.3 is 11.9 Å². The van der Waals surface area contributed by atoms with Crippen molar-refractivity contribution in [2.75, 3.05) is 7.11 Å². The van der Waals surface area contributed by atoms with E-state index in [2.05, 4.69) is 6.92 Å². The summed E-state index contributed by atoms with van der Waals surface area (Å²) < 4.78 is 16.5. The highest BCUT2D eigenvalue weighted by Crippen LogP contribution is 2.27. The third-order valence-corrected chi connectivity index (χ3v) is 6.76. The van der Waals surface area contributed by atoms with Crippen LogP contribution in [0.3, 0.4) is 0 Å². The predicted octanol–water partition coefficient (Wildman–Crippen LogP) is 4.17. The first-order valence-electron chi connectivity index (χ1n) is 13.3. The van der Waals surface area contributed by atoms with Crippen LogP contribution in [0.25, 0.3) is 0 Å². The molecule has 1 rings (SSSR count). The molecule has 8 heteroatoms. The zero-order valence-corrected chi connectivity index (χ0v) is 24.0. The fourth-order valence-electron chi connectivity index (χ4n) is 4.58. The van der Waals surface area contributed by atoms with E-state index in [0.29, 0.717) is 5.57 Å². The molecule has 0 radical (unpaired) electrons. The first kappa shape index (κ1) is 33.0. The first-order valence-corrected chi connectivity index (χ1v) is 13.3. The molecule has 212 valence electrons. The number of esters is 2. The Labute approximate surface area is 222 Å². The molecule has 8 atom stereocenters. The van der Waals surface area contributed by atoms with Crippen molar-refractivity contribution < 1.29 is 38.8 Å². The summed E-state index contributed by atoms with van der Waals surface area (Å²) in [4.78, 5) is 38.7. The highest BCUT2D eigenvalue weighted by molar-refractivity contribution is 5.86. The molecular weight excluding hydrogens is 476 g/mol. The summed E-state index contributed by atoms with van der Waals surface area (Å²) in [6, 6.07) is 0. The summed E-state index contributed by atoms with van der Waals surface area (Å²) in [5.41, 5.74) is 0.0322. The Morgan fingerprint density at radius 3 is 2.27 bits per heavy atom. The van der Waals surface area contributed by atoms with Crippen LogP contribution in [0.4, 0.5) is 0 Å². The number of rotatable bonds is 7. The summed E-state index contributed by atoms with van der Waals surface area (Å²) >= 11 is 0. The van der Waals surface area contributed by atoms with Crippen LogP contribution in [0.15, 0.2) is 23.8 Å². The fraction of sp³-hybridized carbons (Fsp3) is 0.759. The van der Waals surface area contributed by atoms with Crippen LogP contribution < -0.4 is 0 Å². The van der Waals surface area contributed by atoms with Crippen molar-refractivity contribution >= 4 is 17.7 Å². The van der Waals surface area contributed by atoms with Crippen LogP contribution in [0.5, 0.6) is 0 Å². The van der Waals surface area contributed by atoms with Gasteiger partial charge in [0.05, 0.1) is 18.4 Å². The summed E-state index contributed by atoms with van der Waals surface area (Å²) in [6.45, 7) is 14.5. The van der Waals surface area contributed by atoms with Crippen LogP contribution in [-0.4, -0.2) is 65.1 Å². The Hall–Kier alpha value is -2.03. The number of cyclic esters (lactones) is 1. The number of ether oxygens (including phenoxy) is 3. The zero-order chi connectivity index (χ0) is 28.5. The van der Waals surface area contributed by atoms with Gasteiger partial charge in [-0.3, -0.25) is 9.59 Å². The van der Waals surface area contributed by atoms with E-state index < -0.39 is 53.8 Å². The van der Waals surface area contributed by atoms with Crippen molar-refractivity contribution in [3.63, 3.8) is 0 Å². The predicted molar refractivity (Wildman–Crippen MR) is 142 cm³/mol. The number of allylic oxidation sites excluding steroid dienone is 2. The van der Waals surface area contributed by atoms with Crippen molar-refractivity contribution in [3.05, 3.63) is 23.8 Å². The lowest BCUT2D eigenvalue weighted by molar-refractivity contribution is -0.165. The standard InChI is InChI=1S/C29H48O8/c1-17-11-10-12-18(2)15-19(3)27(36-28(34)26(33)22(30)14-13-17)21(5)25(32)20(4)23(35-9)16-24(31)37-29(6,7)8/h13-15,17-18,20-23,26-27,30,33H,10-12,16H2,1-9H3/b14-13+,19-15+/t17-,18+,20-,21+,22-,23-,26-,27+/m1/s1. The average Bonchev–Trinajstić information content (AvgIpc) is 2.80. The van der Waals surface area contributed by atoms with E-state index in [1.165, 1.54) is 13.2 Å². The normalized spacial score (nSPS) is 31.1. The van der Waals surface area contributed by atoms with Crippen LogP contribution in [0.1, 0.15) is 81.1 Å². The smallest absolute Gasteiger partial charge is 0.338 e. The van der Waals surface area contributed by atoms with Gasteiger partial charge in [0.2, 0.25) is 0 Å². The molecular formula is C29H48O8. The maximum absolute atomic E-state index is 13.5. The zero-order valence-electron chi connectivity index (χ0n) is 24.0. The minimum absolute atomic E-state index is 0.0978. The van der Waals surface area contributed by atoms with E-state index in [1.54, 1.807) is 47.6 Å². The lowest BCUT2D eigenvalue weighted by atomic mass is 9.83. The minimum atomic E-state index is -1.78. The van der Waals surface area contributed by atoms with Crippen molar-refractivity contribution in [1.29, 1.82) is 0 Å². The van der Waals surface area contributed by atoms with E-state index in [-0.39, 0.29) is 24.0 Å². The van der Waals surface area contributed by atoms with Crippen LogP contribution in [-0.2, 0) is 28.6 Å². The van der Waals surface area contributed by atoms with E-state index >= 15 is 0 Å². The third-order valence-electron chi connectivity index (χ3n) is 6.76. The number of Topliss-reactive ketones (excluding diaryl/α,β-unsaturated/α-hetero) is 1. The van der Waals surface area contributed by atoms with Gasteiger partial charge in [0, 0.05) is 13.0 Å². The molecule has 1 heterocycles. The molecule has 0 aromatic rings. The molecule has 0 saturated carbocycles. The summed E-state index contributed by atoms with van der Waals surface area (Å²) in [6.07, 6.45) is 3.03. The van der Waals surface area contributed by atoms with Gasteiger partial charge in [-0.05, 0) is 57.9 Å². The quantitative estimate of drug-likeness (QED) is 0.376. The van der Waals surface area contributed by atoms with Crippen LogP contribution in [0, 0.1) is 23.7 Å². The second-order valence-electron chi connectivity index (χ2n) is 11.5. The minimum Gasteiger partial charge on any atom is -0.460 e. The fourth-order valence-corrected chi connectivity index (χ4v) is 4.58. The molecule has 0 aliphatic carbocycles. The molecule has 0 fully saturated rings. The second kappa shape index (κ2) is 14.8. The number of carbonyl (C=O) groups is 3. The molecule has 0 bridgehead atoms. The maximum atomic E-state index is 13.5. The second-order valence-corrected chi connectivity index (χ2v) is 11.5. The van der Waals surface area contributed by atoms with Crippen molar-refractivity contribution in [3.8, 4) is 0 Å². The molecule has 37 heavy (non-hydrogen) atoms. The lowest BCUT2D eigenvalue weighted by Gasteiger charge is -2.30. The Morgan fingerprint density at radius 1 is 1.11 bits per heavy atom. The topological polar surface area (TPSA) is 119 Å². The van der Waals surface area contributed by atoms with Gasteiger partial charge in [0.25, 0.3) is 0 Å². The maximum Gasteiger partial charge on any atom is 0.338 e. The summed E-state index contributed by atoms with van der Waals surface area (Å²) in [5.74, 6) is -2.82. The summed E-state index contributed by atoms with van der Waals surface area (Å²) in [7, 11) is 1.43. The molecule has 0 amide bonds. The van der Waals surface area contributed by atoms with Crippen molar-refractivity contribution in [2.45, 2.75) is 111 Å². The molecule has 1 aliphatic heterocycles. The molecule has 1 aliphatic rings. The first-order chi connectivity index (χ1) is 17.1. The highest BCUT2D eigenvalue weighted by atomic mass is 16.6. The van der Waals surface area contributed by atoms with Crippen LogP contribution in [0.2, 0.25) is 0 Å².